The minimum Gasteiger partial charge on any atom is -0.469 e. The van der Waals surface area contributed by atoms with Gasteiger partial charge in [0, 0.05) is 11.8 Å². The van der Waals surface area contributed by atoms with Crippen molar-refractivity contribution in [2.45, 2.75) is 44.5 Å². The third-order valence-electron chi connectivity index (χ3n) is 2.82. The Hall–Kier alpha value is -1.10. The molecule has 117 valence electrons. The number of nitrogens with two attached hydrogens (primary N) is 1. The number of hydrogen-bond donors (Lipinski definition) is 1. The number of halogens is 3. The smallest absolute Gasteiger partial charge is 0.469 e. The molecule has 21 heavy (non-hydrogen) atoms. The van der Waals surface area contributed by atoms with Gasteiger partial charge in [-0.15, -0.1) is 25.3 Å². The summed E-state index contributed by atoms with van der Waals surface area (Å²) in [7, 11) is 0. The van der Waals surface area contributed by atoms with Gasteiger partial charge in [-0.25, -0.2) is 0 Å². The summed E-state index contributed by atoms with van der Waals surface area (Å²) in [6, 6.07) is 7.99. The molecule has 1 aliphatic carbocycles. The van der Waals surface area contributed by atoms with Gasteiger partial charge in [0.25, 0.3) is 0 Å². The van der Waals surface area contributed by atoms with Crippen LogP contribution in [0.3, 0.4) is 0 Å². The Balaban J connectivity index is 0.000000425. The van der Waals surface area contributed by atoms with Gasteiger partial charge in [-0.1, -0.05) is 19.3 Å². The van der Waals surface area contributed by atoms with Crippen molar-refractivity contribution in [3.8, 4) is 11.8 Å². The van der Waals surface area contributed by atoms with Crippen LogP contribution in [0.1, 0.15) is 37.7 Å². The molecule has 1 aliphatic rings. The van der Waals surface area contributed by atoms with E-state index in [1.165, 1.54) is 44.2 Å². The molecule has 0 spiro atoms. The molecule has 0 aliphatic heterocycles. The van der Waals surface area contributed by atoms with Gasteiger partial charge in [0.05, 0.1) is 6.07 Å². The zero-order chi connectivity index (χ0) is 15.0. The second-order valence-corrected chi connectivity index (χ2v) is 4.48. The van der Waals surface area contributed by atoms with E-state index in [0.29, 0.717) is 6.04 Å². The Bertz CT molecular complexity index is 454. The van der Waals surface area contributed by atoms with Crippen LogP contribution in [-0.2, 0) is 19.8 Å². The van der Waals surface area contributed by atoms with E-state index in [1.54, 1.807) is 6.07 Å². The number of rotatable bonds is 1. The monoisotopic (exact) mass is 477 g/mol. The zero-order valence-electron chi connectivity index (χ0n) is 11.3. The molecule has 0 atom stereocenters. The Labute approximate surface area is 135 Å². The van der Waals surface area contributed by atoms with Crippen molar-refractivity contribution in [1.29, 1.82) is 5.26 Å². The van der Waals surface area contributed by atoms with E-state index in [9.17, 15) is 13.2 Å². The first-order valence-electron chi connectivity index (χ1n) is 6.34. The Morgan fingerprint density at radius 1 is 1.29 bits per heavy atom. The predicted molar refractivity (Wildman–Crippen MR) is 67.7 cm³/mol. The molecule has 0 aromatic heterocycles. The minimum atomic E-state index is -4.78. The van der Waals surface area contributed by atoms with Gasteiger partial charge in [0.1, 0.15) is 0 Å². The second kappa shape index (κ2) is 9.76. The van der Waals surface area contributed by atoms with Gasteiger partial charge in [0.2, 0.25) is 0 Å². The normalized spacial score (nSPS) is 15.0. The van der Waals surface area contributed by atoms with E-state index < -0.39 is 12.1 Å². The molecule has 0 amide bonds. The van der Waals surface area contributed by atoms with Crippen LogP contribution in [0.4, 0.5) is 13.2 Å². The summed E-state index contributed by atoms with van der Waals surface area (Å²) in [6.07, 6.45) is 1.89. The van der Waals surface area contributed by atoms with Crippen molar-refractivity contribution >= 4 is 0 Å². The summed E-state index contributed by atoms with van der Waals surface area (Å²) < 4.78 is 38.7. The summed E-state index contributed by atoms with van der Waals surface area (Å²) in [5, 5.41) is 8.40. The maximum Gasteiger partial charge on any atom is 1.00 e. The Morgan fingerprint density at radius 2 is 1.90 bits per heavy atom. The van der Waals surface area contributed by atoms with Gasteiger partial charge >= 0.3 is 26.2 Å². The fraction of sp³-hybridized carbons (Fsp3) is 0.500. The van der Waals surface area contributed by atoms with Crippen LogP contribution >= 0.6 is 0 Å². The minimum absolute atomic E-state index is 0. The molecule has 0 unspecified atom stereocenters. The molecule has 1 aromatic rings. The van der Waals surface area contributed by atoms with Crippen molar-refractivity contribution in [2.75, 3.05) is 0 Å². The average molecular weight is 476 g/mol. The molecule has 0 saturated heterocycles. The van der Waals surface area contributed by atoms with Gasteiger partial charge in [-0.3, -0.25) is 0 Å². The molecule has 1 fully saturated rings. The molecule has 1 aromatic carbocycles. The number of nitrogens with zero attached hydrogens (tertiary/aromatic N) is 1. The largest absolute Gasteiger partial charge is 1.00 e. The van der Waals surface area contributed by atoms with Crippen molar-refractivity contribution in [2.24, 2.45) is 5.73 Å². The molecular weight excluding hydrogens is 459 g/mol. The van der Waals surface area contributed by atoms with Crippen LogP contribution in [0.15, 0.2) is 18.2 Å². The third-order valence-corrected chi connectivity index (χ3v) is 2.82. The number of hydrogen-bond acceptors (Lipinski definition) is 3. The first-order chi connectivity index (χ1) is 9.42. The molecular formula is C14H16F3N2OOs. The fourth-order valence-electron chi connectivity index (χ4n) is 1.85. The van der Waals surface area contributed by atoms with Gasteiger partial charge in [-0.2, -0.15) is 17.4 Å². The standard InChI is InChI=1S/C8H3F3NO.C6H13N.Os/c9-8(10,11)13-7-4-2-1-3-6(7)5-12;7-6-4-2-1-3-5-6;/h1,3-4H;6H,1-5,7H2;/q-1;;+1. The summed E-state index contributed by atoms with van der Waals surface area (Å²) in [5.74, 6) is -0.530. The number of benzene rings is 1. The summed E-state index contributed by atoms with van der Waals surface area (Å²) in [6.45, 7) is 0. The van der Waals surface area contributed by atoms with Crippen molar-refractivity contribution in [3.05, 3.63) is 29.8 Å². The van der Waals surface area contributed by atoms with Crippen molar-refractivity contribution in [3.63, 3.8) is 0 Å². The van der Waals surface area contributed by atoms with E-state index in [-0.39, 0.29) is 25.4 Å². The predicted octanol–water partition coefficient (Wildman–Crippen LogP) is 3.53. The maximum atomic E-state index is 11.7. The van der Waals surface area contributed by atoms with Crippen molar-refractivity contribution in [1.82, 2.24) is 0 Å². The average Bonchev–Trinajstić information content (AvgIpc) is 2.39. The van der Waals surface area contributed by atoms with Crippen LogP contribution in [0.5, 0.6) is 5.75 Å². The van der Waals surface area contributed by atoms with Crippen LogP contribution in [0.2, 0.25) is 0 Å². The van der Waals surface area contributed by atoms with E-state index in [1.807, 2.05) is 0 Å². The molecule has 0 heterocycles. The van der Waals surface area contributed by atoms with Gasteiger partial charge < -0.3 is 10.5 Å². The van der Waals surface area contributed by atoms with Crippen LogP contribution in [-0.4, -0.2) is 12.4 Å². The quantitative estimate of drug-likeness (QED) is 0.633. The molecule has 3 nitrogen and oxygen atoms in total. The number of nitriles is 1. The van der Waals surface area contributed by atoms with Crippen LogP contribution in [0, 0.1) is 17.4 Å². The molecule has 1 saturated carbocycles. The van der Waals surface area contributed by atoms with Gasteiger partial charge in [-0.05, 0) is 18.4 Å². The SMILES string of the molecule is N#Cc1cc[c-]cc1OC(F)(F)F.NC1CCCCC1.[Os+]. The summed E-state index contributed by atoms with van der Waals surface area (Å²) >= 11 is 0. The first kappa shape index (κ1) is 19.9. The molecule has 2 rings (SSSR count). The molecule has 0 bridgehead atoms. The summed E-state index contributed by atoms with van der Waals surface area (Å²) in [5.41, 5.74) is 5.46. The van der Waals surface area contributed by atoms with Crippen LogP contribution < -0.4 is 10.5 Å². The fourth-order valence-corrected chi connectivity index (χ4v) is 1.85. The maximum absolute atomic E-state index is 11.7. The van der Waals surface area contributed by atoms with E-state index in [0.717, 1.165) is 6.07 Å². The zero-order valence-corrected chi connectivity index (χ0v) is 13.8. The van der Waals surface area contributed by atoms with Gasteiger partial charge in [0.15, 0.2) is 0 Å². The van der Waals surface area contributed by atoms with Crippen molar-refractivity contribution < 1.29 is 37.7 Å². The topological polar surface area (TPSA) is 59.0 Å². The molecule has 7 heteroatoms. The second-order valence-electron chi connectivity index (χ2n) is 4.48. The molecule has 2 N–H and O–H groups in total. The number of alkyl halides is 3. The molecule has 1 radical (unpaired) electrons. The first-order valence-corrected chi connectivity index (χ1v) is 6.34. The third kappa shape index (κ3) is 8.70. The van der Waals surface area contributed by atoms with E-state index >= 15 is 0 Å². The van der Waals surface area contributed by atoms with E-state index in [4.69, 9.17) is 11.0 Å². The number of ether oxygens (including phenoxy) is 1. The van der Waals surface area contributed by atoms with E-state index in [2.05, 4.69) is 10.8 Å². The Morgan fingerprint density at radius 3 is 2.33 bits per heavy atom. The summed E-state index contributed by atoms with van der Waals surface area (Å²) in [4.78, 5) is 0. The van der Waals surface area contributed by atoms with Crippen LogP contribution in [0.25, 0.3) is 0 Å². The Kier molecular flexibility index (Phi) is 9.25.